The van der Waals surface area contributed by atoms with Crippen LogP contribution < -0.4 is 5.32 Å². The molecule has 0 aromatic rings. The molecule has 0 saturated carbocycles. The van der Waals surface area contributed by atoms with E-state index in [4.69, 9.17) is 5.11 Å². The van der Waals surface area contributed by atoms with E-state index in [1.165, 1.54) is 6.54 Å². The van der Waals surface area contributed by atoms with Crippen LogP contribution in [0.2, 0.25) is 0 Å². The molecule has 1 unspecified atom stereocenters. The van der Waals surface area contributed by atoms with Crippen molar-refractivity contribution < 1.29 is 9.90 Å². The fourth-order valence-corrected chi connectivity index (χ4v) is 0.118. The van der Waals surface area contributed by atoms with Gasteiger partial charge in [0.15, 0.2) is 0 Å². The maximum Gasteiger partial charge on any atom is 0.303 e. The van der Waals surface area contributed by atoms with Crippen molar-refractivity contribution in [3.63, 3.8) is 0 Å². The summed E-state index contributed by atoms with van der Waals surface area (Å²) in [5.41, 5.74) is 0. The molecule has 54 valence electrons. The molecule has 0 spiro atoms. The Bertz CT molecular complexity index is 89.1. The van der Waals surface area contributed by atoms with Gasteiger partial charge in [0.2, 0.25) is 0 Å². The van der Waals surface area contributed by atoms with Crippen molar-refractivity contribution in [1.82, 2.24) is 5.32 Å². The average Bonchev–Trinajstić information content (AvgIpc) is 2.53. The number of hydrogen-bond donors (Lipinski definition) is 2. The quantitative estimate of drug-likeness (QED) is 0.508. The second-order valence-electron chi connectivity index (χ2n) is 2.06. The molecule has 0 aliphatic carbocycles. The molecule has 0 radical (unpaired) electrons. The minimum Gasteiger partial charge on any atom is -0.481 e. The van der Waals surface area contributed by atoms with Crippen LogP contribution >= 0.6 is 0 Å². The average molecular weight is 131 g/mol. The number of carbonyl (C=O) groups is 1. The summed E-state index contributed by atoms with van der Waals surface area (Å²) in [7, 11) is 0. The van der Waals surface area contributed by atoms with Crippen molar-refractivity contribution >= 4 is 5.97 Å². The van der Waals surface area contributed by atoms with E-state index >= 15 is 0 Å². The molecule has 0 aromatic carbocycles. The zero-order chi connectivity index (χ0) is 7.28. The second kappa shape index (κ2) is 4.32. The lowest BCUT2D eigenvalue weighted by Gasteiger charge is -1.71. The Kier molecular flexibility index (Phi) is 4.05. The normalized spacial score (nSPS) is 21.8. The third-order valence-corrected chi connectivity index (χ3v) is 0.915. The maximum atomic E-state index is 9.37. The van der Waals surface area contributed by atoms with Gasteiger partial charge in [-0.25, -0.2) is 0 Å². The monoisotopic (exact) mass is 131 g/mol. The first-order valence-electron chi connectivity index (χ1n) is 3.12. The van der Waals surface area contributed by atoms with Gasteiger partial charge in [-0.05, 0) is 6.92 Å². The Morgan fingerprint density at radius 1 is 1.89 bits per heavy atom. The van der Waals surface area contributed by atoms with E-state index in [0.717, 1.165) is 6.04 Å². The molecule has 1 rings (SSSR count). The van der Waals surface area contributed by atoms with E-state index in [1.807, 2.05) is 0 Å². The summed E-state index contributed by atoms with van der Waals surface area (Å²) in [6.45, 7) is 5.00. The lowest BCUT2D eigenvalue weighted by molar-refractivity contribution is -0.136. The Morgan fingerprint density at radius 2 is 2.11 bits per heavy atom. The van der Waals surface area contributed by atoms with Crippen LogP contribution in [0.3, 0.4) is 0 Å². The summed E-state index contributed by atoms with van der Waals surface area (Å²) < 4.78 is 0. The third-order valence-electron chi connectivity index (χ3n) is 0.915. The van der Waals surface area contributed by atoms with Crippen molar-refractivity contribution in [1.29, 1.82) is 0 Å². The van der Waals surface area contributed by atoms with Crippen molar-refractivity contribution in [3.8, 4) is 0 Å². The molecular formula is C6H13NO2. The first-order valence-corrected chi connectivity index (χ1v) is 3.12. The second-order valence-corrected chi connectivity index (χ2v) is 2.06. The minimum atomic E-state index is -0.745. The predicted octanol–water partition coefficient (Wildman–Crippen LogP) is 0.459. The highest BCUT2D eigenvalue weighted by Gasteiger charge is 2.10. The molecule has 0 amide bonds. The van der Waals surface area contributed by atoms with E-state index in [1.54, 1.807) is 6.92 Å². The molecule has 1 fully saturated rings. The van der Waals surface area contributed by atoms with E-state index in [9.17, 15) is 4.79 Å². The number of rotatable bonds is 1. The SMILES string of the molecule is CC1CN1.CCC(=O)O. The Hall–Kier alpha value is -0.570. The number of nitrogens with one attached hydrogen (secondary N) is 1. The summed E-state index contributed by atoms with van der Waals surface area (Å²) >= 11 is 0. The lowest BCUT2D eigenvalue weighted by Crippen LogP contribution is -1.86. The minimum absolute atomic E-state index is 0.222. The molecular weight excluding hydrogens is 118 g/mol. The summed E-state index contributed by atoms with van der Waals surface area (Å²) in [6, 6.07) is 0.833. The van der Waals surface area contributed by atoms with Crippen molar-refractivity contribution in [3.05, 3.63) is 0 Å². The fourth-order valence-electron chi connectivity index (χ4n) is 0.118. The van der Waals surface area contributed by atoms with Gasteiger partial charge in [0, 0.05) is 19.0 Å². The molecule has 1 saturated heterocycles. The van der Waals surface area contributed by atoms with Crippen LogP contribution in [-0.2, 0) is 4.79 Å². The summed E-state index contributed by atoms with van der Waals surface area (Å²) in [5, 5.41) is 10.8. The zero-order valence-corrected chi connectivity index (χ0v) is 5.85. The molecule has 1 aliphatic rings. The van der Waals surface area contributed by atoms with Gasteiger partial charge >= 0.3 is 5.97 Å². The van der Waals surface area contributed by atoms with E-state index in [0.29, 0.717) is 0 Å². The highest BCUT2D eigenvalue weighted by atomic mass is 16.4. The molecule has 1 heterocycles. The Morgan fingerprint density at radius 3 is 2.11 bits per heavy atom. The van der Waals surface area contributed by atoms with Crippen LogP contribution in [0.4, 0.5) is 0 Å². The summed E-state index contributed by atoms with van der Waals surface area (Å²) in [5.74, 6) is -0.745. The third kappa shape index (κ3) is 11.2. The number of aliphatic carboxylic acids is 1. The van der Waals surface area contributed by atoms with Gasteiger partial charge in [-0.3, -0.25) is 4.79 Å². The fraction of sp³-hybridized carbons (Fsp3) is 0.833. The van der Waals surface area contributed by atoms with Crippen LogP contribution in [0.25, 0.3) is 0 Å². The summed E-state index contributed by atoms with van der Waals surface area (Å²) in [6.07, 6.45) is 0.222. The highest BCUT2D eigenvalue weighted by molar-refractivity contribution is 5.66. The van der Waals surface area contributed by atoms with Crippen molar-refractivity contribution in [2.45, 2.75) is 26.3 Å². The molecule has 0 bridgehead atoms. The van der Waals surface area contributed by atoms with Crippen LogP contribution in [-0.4, -0.2) is 23.7 Å². The Labute approximate surface area is 55.1 Å². The van der Waals surface area contributed by atoms with Crippen LogP contribution in [0, 0.1) is 0 Å². The topological polar surface area (TPSA) is 59.2 Å². The largest absolute Gasteiger partial charge is 0.481 e. The molecule has 0 aromatic heterocycles. The Balaban J connectivity index is 0.000000144. The first kappa shape index (κ1) is 8.43. The number of hydrogen-bond acceptors (Lipinski definition) is 2. The van der Waals surface area contributed by atoms with Gasteiger partial charge in [0.05, 0.1) is 0 Å². The molecule has 1 atom stereocenters. The van der Waals surface area contributed by atoms with E-state index in [-0.39, 0.29) is 6.42 Å². The smallest absolute Gasteiger partial charge is 0.303 e. The zero-order valence-electron chi connectivity index (χ0n) is 5.85. The number of carboxylic acid groups (broad SMARTS) is 1. The molecule has 1 aliphatic heterocycles. The number of carboxylic acids is 1. The van der Waals surface area contributed by atoms with Gasteiger partial charge in [0.25, 0.3) is 0 Å². The molecule has 9 heavy (non-hydrogen) atoms. The van der Waals surface area contributed by atoms with Crippen molar-refractivity contribution in [2.24, 2.45) is 0 Å². The van der Waals surface area contributed by atoms with Gasteiger partial charge in [-0.15, -0.1) is 0 Å². The van der Waals surface area contributed by atoms with E-state index in [2.05, 4.69) is 12.2 Å². The van der Waals surface area contributed by atoms with Gasteiger partial charge in [0.1, 0.15) is 0 Å². The standard InChI is InChI=1S/C3H7N.C3H6O2/c1-3-2-4-3;1-2-3(4)5/h3-4H,2H2,1H3;2H2,1H3,(H,4,5). The van der Waals surface area contributed by atoms with Crippen LogP contribution in [0.15, 0.2) is 0 Å². The summed E-state index contributed by atoms with van der Waals surface area (Å²) in [4.78, 5) is 9.37. The van der Waals surface area contributed by atoms with Crippen LogP contribution in [0.1, 0.15) is 20.3 Å². The lowest BCUT2D eigenvalue weighted by atomic mass is 10.5. The first-order chi connectivity index (χ1) is 4.16. The van der Waals surface area contributed by atoms with Gasteiger partial charge in [-0.1, -0.05) is 6.92 Å². The predicted molar refractivity (Wildman–Crippen MR) is 35.4 cm³/mol. The van der Waals surface area contributed by atoms with Crippen molar-refractivity contribution in [2.75, 3.05) is 6.54 Å². The molecule has 3 heteroatoms. The highest BCUT2D eigenvalue weighted by Crippen LogP contribution is 1.88. The van der Waals surface area contributed by atoms with Crippen LogP contribution in [0.5, 0.6) is 0 Å². The van der Waals surface area contributed by atoms with Gasteiger partial charge in [-0.2, -0.15) is 0 Å². The van der Waals surface area contributed by atoms with E-state index < -0.39 is 5.97 Å². The van der Waals surface area contributed by atoms with Gasteiger partial charge < -0.3 is 10.4 Å². The molecule has 2 N–H and O–H groups in total. The maximum absolute atomic E-state index is 9.37. The molecule has 3 nitrogen and oxygen atoms in total.